The number of rotatable bonds is 2. The van der Waals surface area contributed by atoms with Gasteiger partial charge in [-0.1, -0.05) is 23.9 Å². The summed E-state index contributed by atoms with van der Waals surface area (Å²) < 4.78 is 13.1. The van der Waals surface area contributed by atoms with E-state index in [9.17, 15) is 9.18 Å². The molecule has 3 nitrogen and oxygen atoms in total. The van der Waals surface area contributed by atoms with Crippen LogP contribution in [-0.2, 0) is 4.79 Å². The highest BCUT2D eigenvalue weighted by atomic mass is 32.2. The van der Waals surface area contributed by atoms with Crippen LogP contribution in [0.1, 0.15) is 38.7 Å². The summed E-state index contributed by atoms with van der Waals surface area (Å²) >= 11 is 1.62. The highest BCUT2D eigenvalue weighted by molar-refractivity contribution is 8.09. The maximum absolute atomic E-state index is 13.1. The molecule has 2 heterocycles. The van der Waals surface area contributed by atoms with E-state index in [0.29, 0.717) is 5.70 Å². The topological polar surface area (TPSA) is 32.3 Å². The van der Waals surface area contributed by atoms with E-state index in [2.05, 4.69) is 12.2 Å². The summed E-state index contributed by atoms with van der Waals surface area (Å²) in [7, 11) is 0. The predicted molar refractivity (Wildman–Crippen MR) is 88.5 cm³/mol. The lowest BCUT2D eigenvalue weighted by molar-refractivity contribution is -0.130. The number of hydrogen-bond acceptors (Lipinski definition) is 3. The number of amides is 1. The second-order valence-corrected chi connectivity index (χ2v) is 7.31. The van der Waals surface area contributed by atoms with Crippen LogP contribution in [0.3, 0.4) is 0 Å². The van der Waals surface area contributed by atoms with Gasteiger partial charge < -0.3 is 10.2 Å². The highest BCUT2D eigenvalue weighted by Crippen LogP contribution is 2.39. The molecule has 0 spiro atoms. The molecule has 0 aliphatic carbocycles. The molecule has 2 aliphatic rings. The summed E-state index contributed by atoms with van der Waals surface area (Å²) in [5, 5.41) is 3.44. The van der Waals surface area contributed by atoms with Gasteiger partial charge in [0.25, 0.3) is 5.91 Å². The number of halogens is 1. The molecule has 1 saturated heterocycles. The maximum Gasteiger partial charge on any atom is 0.271 e. The molecule has 2 unspecified atom stereocenters. The summed E-state index contributed by atoms with van der Waals surface area (Å²) in [6.45, 7) is 4.97. The first-order valence-corrected chi connectivity index (χ1v) is 8.68. The number of likely N-dealkylation sites (tertiary alicyclic amines) is 1. The van der Waals surface area contributed by atoms with Gasteiger partial charge in [0.15, 0.2) is 0 Å². The number of nitrogens with one attached hydrogen (secondary N) is 1. The van der Waals surface area contributed by atoms with Crippen LogP contribution in [0.4, 0.5) is 4.39 Å². The van der Waals surface area contributed by atoms with Gasteiger partial charge in [-0.25, -0.2) is 4.39 Å². The molecule has 1 amide bonds. The highest BCUT2D eigenvalue weighted by Gasteiger charge is 2.32. The standard InChI is InChI=1S/C17H21FN2OS/c1-11-5-3-4-10-20(11)17(21)15-16(22-12(2)19-15)13-6-8-14(18)9-7-13/h6-9,11-12,19H,3-5,10H2,1-2H3. The molecule has 0 bridgehead atoms. The molecule has 2 atom stereocenters. The minimum Gasteiger partial charge on any atom is -0.368 e. The van der Waals surface area contributed by atoms with Crippen molar-refractivity contribution in [3.05, 3.63) is 41.3 Å². The third-order valence-electron chi connectivity index (χ3n) is 4.25. The summed E-state index contributed by atoms with van der Waals surface area (Å²) in [6.07, 6.45) is 3.32. The maximum atomic E-state index is 13.1. The van der Waals surface area contributed by atoms with Crippen LogP contribution >= 0.6 is 11.8 Å². The van der Waals surface area contributed by atoms with Crippen molar-refractivity contribution in [3.8, 4) is 0 Å². The van der Waals surface area contributed by atoms with Crippen molar-refractivity contribution in [3.63, 3.8) is 0 Å². The molecule has 1 aromatic carbocycles. The van der Waals surface area contributed by atoms with Gasteiger partial charge in [-0.15, -0.1) is 0 Å². The second kappa shape index (κ2) is 6.32. The first kappa shape index (κ1) is 15.4. The molecule has 0 aromatic heterocycles. The monoisotopic (exact) mass is 320 g/mol. The van der Waals surface area contributed by atoms with Crippen LogP contribution < -0.4 is 5.32 Å². The van der Waals surface area contributed by atoms with Crippen LogP contribution in [-0.4, -0.2) is 28.8 Å². The summed E-state index contributed by atoms with van der Waals surface area (Å²) in [5.74, 6) is -0.186. The molecule has 5 heteroatoms. The zero-order valence-corrected chi connectivity index (χ0v) is 13.8. The van der Waals surface area contributed by atoms with Crippen LogP contribution in [0, 0.1) is 5.82 Å². The fraction of sp³-hybridized carbons (Fsp3) is 0.471. The number of benzene rings is 1. The fourth-order valence-corrected chi connectivity index (χ4v) is 4.12. The average molecular weight is 320 g/mol. The minimum atomic E-state index is -0.258. The third-order valence-corrected chi connectivity index (χ3v) is 5.40. The van der Waals surface area contributed by atoms with Crippen molar-refractivity contribution in [2.24, 2.45) is 0 Å². The van der Waals surface area contributed by atoms with E-state index in [1.807, 2.05) is 11.8 Å². The summed E-state index contributed by atoms with van der Waals surface area (Å²) in [5.41, 5.74) is 1.56. The second-order valence-electron chi connectivity index (χ2n) is 5.96. The van der Waals surface area contributed by atoms with Crippen molar-refractivity contribution < 1.29 is 9.18 Å². The molecule has 22 heavy (non-hydrogen) atoms. The molecule has 2 aliphatic heterocycles. The molecule has 118 valence electrons. The van der Waals surface area contributed by atoms with E-state index >= 15 is 0 Å². The largest absolute Gasteiger partial charge is 0.368 e. The molecule has 0 radical (unpaired) electrons. The quantitative estimate of drug-likeness (QED) is 0.904. The van der Waals surface area contributed by atoms with Gasteiger partial charge >= 0.3 is 0 Å². The Bertz CT molecular complexity index is 599. The lowest BCUT2D eigenvalue weighted by Gasteiger charge is -2.34. The number of nitrogens with zero attached hydrogens (tertiary/aromatic N) is 1. The molecule has 1 aromatic rings. The normalized spacial score (nSPS) is 25.3. The number of hydrogen-bond donors (Lipinski definition) is 1. The Morgan fingerprint density at radius 1 is 1.27 bits per heavy atom. The Morgan fingerprint density at radius 3 is 2.68 bits per heavy atom. The van der Waals surface area contributed by atoms with Crippen LogP contribution in [0.2, 0.25) is 0 Å². The van der Waals surface area contributed by atoms with Gasteiger partial charge in [-0.05, 0) is 50.8 Å². The van der Waals surface area contributed by atoms with E-state index < -0.39 is 0 Å². The Hall–Kier alpha value is -1.49. The molecule has 3 rings (SSSR count). The molecule has 1 fully saturated rings. The van der Waals surface area contributed by atoms with Crippen LogP contribution in [0.25, 0.3) is 4.91 Å². The van der Waals surface area contributed by atoms with Gasteiger partial charge in [0.2, 0.25) is 0 Å². The van der Waals surface area contributed by atoms with Gasteiger partial charge in [-0.3, -0.25) is 4.79 Å². The van der Waals surface area contributed by atoms with Gasteiger partial charge in [0, 0.05) is 17.5 Å². The Balaban J connectivity index is 1.92. The number of thioether (sulfide) groups is 1. The molecule has 1 N–H and O–H groups in total. The van der Waals surface area contributed by atoms with Crippen molar-refractivity contribution in [1.82, 2.24) is 10.2 Å². The Kier molecular flexibility index (Phi) is 4.43. The fourth-order valence-electron chi connectivity index (χ4n) is 3.05. The zero-order valence-electron chi connectivity index (χ0n) is 12.9. The van der Waals surface area contributed by atoms with Crippen LogP contribution in [0.5, 0.6) is 0 Å². The minimum absolute atomic E-state index is 0.0726. The van der Waals surface area contributed by atoms with Crippen LogP contribution in [0.15, 0.2) is 30.0 Å². The summed E-state index contributed by atoms with van der Waals surface area (Å²) in [4.78, 5) is 15.8. The third kappa shape index (κ3) is 3.00. The van der Waals surface area contributed by atoms with E-state index in [1.165, 1.54) is 18.6 Å². The molecular weight excluding hydrogens is 299 g/mol. The SMILES string of the molecule is CC1NC(C(=O)N2CCCCC2C)=C(c2ccc(F)cc2)S1. The van der Waals surface area contributed by atoms with Crippen molar-refractivity contribution in [2.75, 3.05) is 6.54 Å². The van der Waals surface area contributed by atoms with Crippen molar-refractivity contribution in [2.45, 2.75) is 44.5 Å². The van der Waals surface area contributed by atoms with Gasteiger partial charge in [0.05, 0.1) is 5.37 Å². The first-order chi connectivity index (χ1) is 10.6. The van der Waals surface area contributed by atoms with E-state index in [-0.39, 0.29) is 23.1 Å². The average Bonchev–Trinajstić information content (AvgIpc) is 2.90. The van der Waals surface area contributed by atoms with E-state index in [1.54, 1.807) is 23.9 Å². The van der Waals surface area contributed by atoms with Gasteiger partial charge in [-0.2, -0.15) is 0 Å². The van der Waals surface area contributed by atoms with Crippen molar-refractivity contribution >= 4 is 22.6 Å². The lowest BCUT2D eigenvalue weighted by atomic mass is 10.0. The number of carbonyl (C=O) groups excluding carboxylic acids is 1. The first-order valence-electron chi connectivity index (χ1n) is 7.80. The molecule has 0 saturated carbocycles. The molecular formula is C17H21FN2OS. The zero-order chi connectivity index (χ0) is 15.7. The number of carbonyl (C=O) groups is 1. The Labute approximate surface area is 135 Å². The lowest BCUT2D eigenvalue weighted by Crippen LogP contribution is -2.44. The smallest absolute Gasteiger partial charge is 0.271 e. The number of piperidine rings is 1. The predicted octanol–water partition coefficient (Wildman–Crippen LogP) is 3.58. The van der Waals surface area contributed by atoms with E-state index in [4.69, 9.17) is 0 Å². The Morgan fingerprint density at radius 2 is 2.00 bits per heavy atom. The van der Waals surface area contributed by atoms with Crippen molar-refractivity contribution in [1.29, 1.82) is 0 Å². The van der Waals surface area contributed by atoms with Gasteiger partial charge in [0.1, 0.15) is 11.5 Å². The summed E-state index contributed by atoms with van der Waals surface area (Å²) in [6, 6.07) is 6.65. The van der Waals surface area contributed by atoms with E-state index in [0.717, 1.165) is 29.9 Å².